The molecule has 0 amide bonds. The van der Waals surface area contributed by atoms with Crippen LogP contribution in [0.1, 0.15) is 37.7 Å². The summed E-state index contributed by atoms with van der Waals surface area (Å²) in [7, 11) is 0. The van der Waals surface area contributed by atoms with Crippen LogP contribution in [0.25, 0.3) is 0 Å². The van der Waals surface area contributed by atoms with Gasteiger partial charge in [-0.15, -0.1) is 0 Å². The van der Waals surface area contributed by atoms with Gasteiger partial charge in [-0.1, -0.05) is 18.6 Å². The zero-order chi connectivity index (χ0) is 18.1. The molecule has 2 aliphatic rings. The average molecular weight is 416 g/mol. The molecular weight excluding hydrogens is 394 g/mol. The van der Waals surface area contributed by atoms with Crippen LogP contribution in [-0.2, 0) is 6.54 Å². The molecule has 1 spiro atoms. The predicted molar refractivity (Wildman–Crippen MR) is 107 cm³/mol. The van der Waals surface area contributed by atoms with Crippen LogP contribution in [0.5, 0.6) is 0 Å². The maximum atomic E-state index is 6.27. The van der Waals surface area contributed by atoms with Crippen LogP contribution >= 0.6 is 15.9 Å². The van der Waals surface area contributed by atoms with Crippen LogP contribution in [0.2, 0.25) is 0 Å². The summed E-state index contributed by atoms with van der Waals surface area (Å²) in [4.78, 5) is 11.0. The van der Waals surface area contributed by atoms with Gasteiger partial charge < -0.3 is 11.5 Å². The van der Waals surface area contributed by atoms with Crippen LogP contribution in [0.4, 0.5) is 5.69 Å². The molecule has 2 aromatic rings. The first-order chi connectivity index (χ1) is 12.6. The van der Waals surface area contributed by atoms with Crippen molar-refractivity contribution >= 4 is 33.5 Å². The summed E-state index contributed by atoms with van der Waals surface area (Å²) in [6.45, 7) is 0.714. The van der Waals surface area contributed by atoms with Gasteiger partial charge in [-0.2, -0.15) is 10.1 Å². The van der Waals surface area contributed by atoms with E-state index in [4.69, 9.17) is 16.5 Å². The van der Waals surface area contributed by atoms with Gasteiger partial charge in [-0.25, -0.2) is 4.99 Å². The molecule has 26 heavy (non-hydrogen) atoms. The zero-order valence-corrected chi connectivity index (χ0v) is 16.1. The van der Waals surface area contributed by atoms with E-state index in [9.17, 15) is 0 Å². The van der Waals surface area contributed by atoms with E-state index in [0.717, 1.165) is 41.4 Å². The van der Waals surface area contributed by atoms with Gasteiger partial charge in [0.1, 0.15) is 5.66 Å². The molecule has 1 aromatic carbocycles. The molecule has 2 heterocycles. The minimum Gasteiger partial charge on any atom is -0.369 e. The summed E-state index contributed by atoms with van der Waals surface area (Å²) in [6, 6.07) is 8.33. The number of anilines is 1. The number of hydrogen-bond donors (Lipinski definition) is 2. The normalized spacial score (nSPS) is 19.3. The quantitative estimate of drug-likeness (QED) is 0.804. The van der Waals surface area contributed by atoms with Gasteiger partial charge in [0.25, 0.3) is 0 Å². The minimum absolute atomic E-state index is 0.279. The lowest BCUT2D eigenvalue weighted by Gasteiger charge is -2.45. The second kappa shape index (κ2) is 6.75. The fraction of sp³-hybridized carbons (Fsp3) is 0.389. The first-order valence-electron chi connectivity index (χ1n) is 8.82. The SMILES string of the molecule is NC1=NC2(CCCCC2)N(c2ccc(Cn3cc(Br)cn3)cc2)C(N)=N1. The van der Waals surface area contributed by atoms with Gasteiger partial charge >= 0.3 is 0 Å². The fourth-order valence-electron chi connectivity index (χ4n) is 3.86. The summed E-state index contributed by atoms with van der Waals surface area (Å²) in [5.41, 5.74) is 14.0. The molecule has 0 atom stereocenters. The van der Waals surface area contributed by atoms with E-state index in [-0.39, 0.29) is 5.96 Å². The van der Waals surface area contributed by atoms with E-state index in [0.29, 0.717) is 12.5 Å². The van der Waals surface area contributed by atoms with E-state index in [1.54, 1.807) is 6.20 Å². The van der Waals surface area contributed by atoms with Crippen molar-refractivity contribution in [2.75, 3.05) is 4.90 Å². The van der Waals surface area contributed by atoms with Gasteiger partial charge in [0.15, 0.2) is 0 Å². The lowest BCUT2D eigenvalue weighted by atomic mass is 9.87. The number of guanidine groups is 2. The van der Waals surface area contributed by atoms with Crippen molar-refractivity contribution in [2.24, 2.45) is 21.5 Å². The van der Waals surface area contributed by atoms with Crippen molar-refractivity contribution in [3.05, 3.63) is 46.7 Å². The maximum Gasteiger partial charge on any atom is 0.220 e. The lowest BCUT2D eigenvalue weighted by molar-refractivity contribution is 0.305. The minimum atomic E-state index is -0.400. The van der Waals surface area contributed by atoms with E-state index in [2.05, 4.69) is 55.2 Å². The highest BCUT2D eigenvalue weighted by Gasteiger charge is 2.42. The summed E-state index contributed by atoms with van der Waals surface area (Å²) in [6.07, 6.45) is 9.08. The highest BCUT2D eigenvalue weighted by Crippen LogP contribution is 2.39. The Kier molecular flexibility index (Phi) is 4.44. The Balaban J connectivity index is 1.61. The van der Waals surface area contributed by atoms with Crippen molar-refractivity contribution in [3.63, 3.8) is 0 Å². The summed E-state index contributed by atoms with van der Waals surface area (Å²) >= 11 is 3.42. The van der Waals surface area contributed by atoms with Crippen molar-refractivity contribution in [2.45, 2.75) is 44.3 Å². The summed E-state index contributed by atoms with van der Waals surface area (Å²) in [5, 5.41) is 4.30. The number of halogens is 1. The molecule has 0 saturated heterocycles. The Bertz CT molecular complexity index is 847. The number of rotatable bonds is 3. The maximum absolute atomic E-state index is 6.27. The molecule has 4 N–H and O–H groups in total. The number of nitrogens with two attached hydrogens (primary N) is 2. The van der Waals surface area contributed by atoms with Crippen LogP contribution in [-0.4, -0.2) is 27.4 Å². The first kappa shape index (κ1) is 17.1. The smallest absolute Gasteiger partial charge is 0.220 e. The van der Waals surface area contributed by atoms with E-state index >= 15 is 0 Å². The Morgan fingerprint density at radius 2 is 1.81 bits per heavy atom. The molecule has 136 valence electrons. The highest BCUT2D eigenvalue weighted by atomic mass is 79.9. The van der Waals surface area contributed by atoms with Crippen LogP contribution in [0.3, 0.4) is 0 Å². The van der Waals surface area contributed by atoms with E-state index in [1.807, 2.05) is 10.9 Å². The average Bonchev–Trinajstić information content (AvgIpc) is 3.01. The number of aliphatic imine (C=N–C) groups is 2. The van der Waals surface area contributed by atoms with Crippen molar-refractivity contribution in [1.29, 1.82) is 0 Å². The van der Waals surface area contributed by atoms with E-state index < -0.39 is 5.66 Å². The van der Waals surface area contributed by atoms with Gasteiger partial charge in [0, 0.05) is 11.9 Å². The van der Waals surface area contributed by atoms with Gasteiger partial charge in [-0.3, -0.25) is 9.58 Å². The standard InChI is InChI=1S/C18H22BrN7/c19-14-10-22-25(12-14)11-13-4-6-15(7-5-13)26-17(21)23-16(20)24-18(26)8-2-1-3-9-18/h4-7,10,12H,1-3,8-9,11H2,(H4,20,21,23,24). The lowest BCUT2D eigenvalue weighted by Crippen LogP contribution is -2.58. The monoisotopic (exact) mass is 415 g/mol. The molecular formula is C18H22BrN7. The first-order valence-corrected chi connectivity index (χ1v) is 9.62. The number of nitrogens with zero attached hydrogens (tertiary/aromatic N) is 5. The van der Waals surface area contributed by atoms with Crippen molar-refractivity contribution in [3.8, 4) is 0 Å². The molecule has 1 aliphatic carbocycles. The Morgan fingerprint density at radius 1 is 1.08 bits per heavy atom. The topological polar surface area (TPSA) is 97.8 Å². The number of benzene rings is 1. The number of hydrogen-bond acceptors (Lipinski definition) is 6. The molecule has 7 nitrogen and oxygen atoms in total. The molecule has 1 aromatic heterocycles. The van der Waals surface area contributed by atoms with Gasteiger partial charge in [0.05, 0.1) is 17.2 Å². The second-order valence-electron chi connectivity index (χ2n) is 6.84. The third-order valence-corrected chi connectivity index (χ3v) is 5.40. The zero-order valence-electron chi connectivity index (χ0n) is 14.5. The molecule has 1 aliphatic heterocycles. The molecule has 1 saturated carbocycles. The molecule has 0 bridgehead atoms. The highest BCUT2D eigenvalue weighted by molar-refractivity contribution is 9.10. The second-order valence-corrected chi connectivity index (χ2v) is 7.76. The molecule has 0 radical (unpaired) electrons. The Morgan fingerprint density at radius 3 is 2.46 bits per heavy atom. The third kappa shape index (κ3) is 3.21. The number of aromatic nitrogens is 2. The third-order valence-electron chi connectivity index (χ3n) is 4.99. The van der Waals surface area contributed by atoms with Crippen LogP contribution in [0, 0.1) is 0 Å². The molecule has 8 heteroatoms. The molecule has 1 fully saturated rings. The fourth-order valence-corrected chi connectivity index (χ4v) is 4.19. The summed E-state index contributed by atoms with van der Waals surface area (Å²) < 4.78 is 2.87. The van der Waals surface area contributed by atoms with Crippen molar-refractivity contribution < 1.29 is 0 Å². The van der Waals surface area contributed by atoms with Crippen molar-refractivity contribution in [1.82, 2.24) is 9.78 Å². The van der Waals surface area contributed by atoms with Crippen LogP contribution < -0.4 is 16.4 Å². The van der Waals surface area contributed by atoms with E-state index in [1.165, 1.54) is 6.42 Å². The predicted octanol–water partition coefficient (Wildman–Crippen LogP) is 2.80. The molecule has 4 rings (SSSR count). The Hall–Kier alpha value is -2.35. The Labute approximate surface area is 160 Å². The van der Waals surface area contributed by atoms with Crippen LogP contribution in [0.15, 0.2) is 51.1 Å². The largest absolute Gasteiger partial charge is 0.369 e. The van der Waals surface area contributed by atoms with Gasteiger partial charge in [0.2, 0.25) is 11.9 Å². The van der Waals surface area contributed by atoms with Gasteiger partial charge in [-0.05, 0) is 59.3 Å². The molecule has 0 unspecified atom stereocenters. The summed E-state index contributed by atoms with van der Waals surface area (Å²) in [5.74, 6) is 0.699.